The Balaban J connectivity index is 0.000000389. The van der Waals surface area contributed by atoms with Gasteiger partial charge in [0.15, 0.2) is 0 Å². The molecule has 0 unspecified atom stereocenters. The molecule has 0 heterocycles. The van der Waals surface area contributed by atoms with Crippen LogP contribution >= 0.6 is 15.8 Å². The zero-order valence-corrected chi connectivity index (χ0v) is 41.7. The molecule has 0 aliphatic heterocycles. The minimum Gasteiger partial charge on any atom is -0.418 e. The van der Waals surface area contributed by atoms with Crippen molar-refractivity contribution < 1.29 is 71.3 Å². The average Bonchev–Trinajstić information content (AvgIpc) is 3.31. The van der Waals surface area contributed by atoms with E-state index in [4.69, 9.17) is 0 Å². The molecule has 1 aliphatic carbocycles. The summed E-state index contributed by atoms with van der Waals surface area (Å²) in [6, 6.07) is 69.6. The summed E-state index contributed by atoms with van der Waals surface area (Å²) < 4.78 is 117. The van der Waals surface area contributed by atoms with Gasteiger partial charge in [-0.05, 0) is 118 Å². The Morgan fingerprint density at radius 3 is 0.972 bits per heavy atom. The van der Waals surface area contributed by atoms with Gasteiger partial charge in [-0.1, -0.05) is 219 Å². The number of rotatable bonds is 8. The third-order valence-corrected chi connectivity index (χ3v) is 15.3. The molecule has 18 heteroatoms. The first kappa shape index (κ1) is 58.9. The number of allylic oxidation sites excluding steroid dienone is 4. The zero-order chi connectivity index (χ0) is 51.4. The third-order valence-electron chi connectivity index (χ3n) is 10.3. The fourth-order valence-corrected chi connectivity index (χ4v) is 12.6. The Kier molecular flexibility index (Phi) is 23.4. The molecule has 0 aromatic heterocycles. The molecule has 0 bridgehead atoms. The third kappa shape index (κ3) is 19.7. The first-order valence-corrected chi connectivity index (χ1v) is 24.9. The summed E-state index contributed by atoms with van der Waals surface area (Å²) >= 11 is 0. The van der Waals surface area contributed by atoms with Crippen LogP contribution in [-0.4, -0.2) is 21.8 Å². The molecule has 0 saturated heterocycles. The van der Waals surface area contributed by atoms with E-state index in [-0.39, 0.29) is 19.5 Å². The van der Waals surface area contributed by atoms with Gasteiger partial charge in [0.25, 0.3) is 0 Å². The van der Waals surface area contributed by atoms with Crippen molar-refractivity contribution in [3.05, 3.63) is 225 Å². The van der Waals surface area contributed by atoms with Crippen LogP contribution in [-0.2, 0) is 19.5 Å². The van der Waals surface area contributed by atoms with Crippen LogP contribution in [0.15, 0.2) is 219 Å². The number of halogens is 12. The van der Waals surface area contributed by atoms with Crippen molar-refractivity contribution in [1.82, 2.24) is 0 Å². The van der Waals surface area contributed by atoms with Gasteiger partial charge >= 0.3 is 41.2 Å². The van der Waals surface area contributed by atoms with E-state index in [1.165, 1.54) is 90.2 Å². The monoisotopic (exact) mass is 1120 g/mol. The van der Waals surface area contributed by atoms with Crippen LogP contribution in [0.4, 0.5) is 51.8 Å². The van der Waals surface area contributed by atoms with E-state index in [9.17, 15) is 51.8 Å². The van der Waals surface area contributed by atoms with E-state index in [0.29, 0.717) is 0 Å². The maximum Gasteiger partial charge on any atom is 3.00 e. The summed E-state index contributed by atoms with van der Waals surface area (Å²) in [5.74, 6) is 0. The predicted octanol–water partition coefficient (Wildman–Crippen LogP) is 16.4. The molecule has 0 atom stereocenters. The van der Waals surface area contributed by atoms with Crippen LogP contribution in [0.25, 0.3) is 38.7 Å². The second-order valence-electron chi connectivity index (χ2n) is 15.4. The summed E-state index contributed by atoms with van der Waals surface area (Å²) in [4.78, 5) is 0. The Bertz CT molecular complexity index is 2810. The van der Waals surface area contributed by atoms with Crippen LogP contribution in [0.2, 0.25) is 0 Å². The fraction of sp³-hybridized carbons (Fsp3) is 0.0741. The van der Waals surface area contributed by atoms with E-state index in [1.54, 1.807) is 0 Å². The van der Waals surface area contributed by atoms with Crippen LogP contribution in [0, 0.1) is 0 Å². The van der Waals surface area contributed by atoms with Gasteiger partial charge in [-0.15, -0.1) is 0 Å². The van der Waals surface area contributed by atoms with Crippen molar-refractivity contribution in [3.63, 3.8) is 0 Å². The number of benzene rings is 8. The van der Waals surface area contributed by atoms with Crippen molar-refractivity contribution >= 4 is 97.1 Å². The SMILES string of the molecule is C1=C\CC/C=C\CC/1.C=Cc1ccc2c(-c3c(P(c4ccccc4)c4ccccc4)ccc4ccccc34)c(P(c3ccccc3)c3ccccc3)ccc2c1.F[B-](F)(F)F.F[B-](F)(F)F.F[B-](F)(F)F.[Rh+3]. The Morgan fingerprint density at radius 1 is 0.347 bits per heavy atom. The van der Waals surface area contributed by atoms with Crippen LogP contribution < -0.4 is 31.8 Å². The van der Waals surface area contributed by atoms with Crippen molar-refractivity contribution in [2.45, 2.75) is 25.7 Å². The van der Waals surface area contributed by atoms with Crippen LogP contribution in [0.5, 0.6) is 0 Å². The van der Waals surface area contributed by atoms with Crippen LogP contribution in [0.3, 0.4) is 0 Å². The Hall–Kier alpha value is -5.66. The van der Waals surface area contributed by atoms with E-state index in [0.717, 1.165) is 5.56 Å². The largest absolute Gasteiger partial charge is 3.00 e. The predicted molar refractivity (Wildman–Crippen MR) is 282 cm³/mol. The van der Waals surface area contributed by atoms with Crippen molar-refractivity contribution in [1.29, 1.82) is 0 Å². The molecule has 72 heavy (non-hydrogen) atoms. The minimum absolute atomic E-state index is 0. The first-order chi connectivity index (χ1) is 33.8. The van der Waals surface area contributed by atoms with Gasteiger partial charge in [0.2, 0.25) is 0 Å². The van der Waals surface area contributed by atoms with Crippen molar-refractivity contribution in [3.8, 4) is 11.1 Å². The summed E-state index contributed by atoms with van der Waals surface area (Å²) in [6.45, 7) is 4.09. The van der Waals surface area contributed by atoms with E-state index < -0.39 is 37.6 Å². The normalized spacial score (nSPS) is 13.2. The topological polar surface area (TPSA) is 0 Å². The summed E-state index contributed by atoms with van der Waals surface area (Å²) in [5, 5.41) is 13.2. The number of fused-ring (bicyclic) bond motifs is 2. The quantitative estimate of drug-likeness (QED) is 0.0616. The standard InChI is InChI=1S/C46H34P2.C8H12.3BF4.Rh/c1-2-34-27-30-42-36(33-34)29-32-44(48(39-22-11-5-12-23-39)40-24-13-6-14-25-40)46(42)45-41-26-16-15-17-35(41)28-31-43(45)47(37-18-7-3-8-19-37)38-20-9-4-10-21-38;1-2-4-6-8-7-5-3-1;3*2-1(3,4)5;/h2-33H,1H2;1-2,7-8H,3-6H2;;;;/q;;3*-1;+3/b;2-1-,8-7-;;;;. The molecule has 0 spiro atoms. The molecule has 9 rings (SSSR count). The molecule has 1 aliphatic rings. The molecule has 0 amide bonds. The smallest absolute Gasteiger partial charge is 0.418 e. The van der Waals surface area contributed by atoms with Gasteiger partial charge in [0.05, 0.1) is 0 Å². The van der Waals surface area contributed by atoms with E-state index in [2.05, 4.69) is 219 Å². The fourth-order valence-electron chi connectivity index (χ4n) is 7.64. The Morgan fingerprint density at radius 2 is 0.639 bits per heavy atom. The average molecular weight is 1120 g/mol. The van der Waals surface area contributed by atoms with Crippen molar-refractivity contribution in [2.75, 3.05) is 0 Å². The van der Waals surface area contributed by atoms with Gasteiger partial charge in [0.1, 0.15) is 0 Å². The van der Waals surface area contributed by atoms with Gasteiger partial charge < -0.3 is 51.8 Å². The molecule has 0 fully saturated rings. The number of hydrogen-bond acceptors (Lipinski definition) is 0. The van der Waals surface area contributed by atoms with Crippen LogP contribution in [0.1, 0.15) is 31.2 Å². The first-order valence-electron chi connectivity index (χ1n) is 22.2. The van der Waals surface area contributed by atoms with Gasteiger partial charge in [0, 0.05) is 0 Å². The molecule has 8 aromatic rings. The molecule has 0 radical (unpaired) electrons. The second-order valence-corrected chi connectivity index (χ2v) is 19.8. The van der Waals surface area contributed by atoms with E-state index in [1.807, 2.05) is 6.08 Å². The van der Waals surface area contributed by atoms with E-state index >= 15 is 0 Å². The van der Waals surface area contributed by atoms with Gasteiger partial charge in [-0.2, -0.15) is 0 Å². The molecule has 0 saturated carbocycles. The Labute approximate surface area is 427 Å². The second kappa shape index (κ2) is 28.5. The molecule has 374 valence electrons. The molecule has 0 N–H and O–H groups in total. The number of hydrogen-bond donors (Lipinski definition) is 0. The maximum atomic E-state index is 9.75. The molecule has 8 aromatic carbocycles. The molecule has 0 nitrogen and oxygen atoms in total. The van der Waals surface area contributed by atoms with Crippen molar-refractivity contribution in [2.24, 2.45) is 0 Å². The molecular weight excluding hydrogens is 1070 g/mol. The minimum atomic E-state index is -6.00. The summed E-state index contributed by atoms with van der Waals surface area (Å²) in [6.07, 6.45) is 15.9. The maximum absolute atomic E-state index is 9.75. The van der Waals surface area contributed by atoms with Gasteiger partial charge in [-0.25, -0.2) is 0 Å². The zero-order valence-electron chi connectivity index (χ0n) is 38.3. The van der Waals surface area contributed by atoms with Gasteiger partial charge in [-0.3, -0.25) is 0 Å². The molecular formula is C54H46B3F12P2Rh. The summed E-state index contributed by atoms with van der Waals surface area (Å²) in [7, 11) is -19.8. The summed E-state index contributed by atoms with van der Waals surface area (Å²) in [5.41, 5.74) is 3.79.